The van der Waals surface area contributed by atoms with E-state index < -0.39 is 5.82 Å². The standard InChI is InChI=1S/C25H30FN5O2/c1-4-32-20-11-18(23(26)22(12-20)33-15(2)3)14-31(19-9-7-17(8-10-19)24(27)28)25-29-13-21(30-25)16-5-6-16/h7-13,15-16H,4-6,14H2,1-3H3,(H3,27,28)(H,29,30). The molecule has 2 aromatic carbocycles. The molecule has 3 aromatic rings. The van der Waals surface area contributed by atoms with Crippen LogP contribution in [0.1, 0.15) is 56.4 Å². The molecule has 0 amide bonds. The van der Waals surface area contributed by atoms with Gasteiger partial charge in [-0.1, -0.05) is 0 Å². The van der Waals surface area contributed by atoms with Gasteiger partial charge in [0, 0.05) is 34.5 Å². The topological polar surface area (TPSA) is 100 Å². The number of anilines is 2. The minimum Gasteiger partial charge on any atom is -0.494 e. The van der Waals surface area contributed by atoms with E-state index in [1.54, 1.807) is 24.3 Å². The highest BCUT2D eigenvalue weighted by atomic mass is 19.1. The highest BCUT2D eigenvalue weighted by molar-refractivity contribution is 5.95. The highest BCUT2D eigenvalue weighted by Gasteiger charge is 2.27. The molecule has 0 saturated heterocycles. The first kappa shape index (κ1) is 22.6. The molecule has 0 spiro atoms. The average molecular weight is 452 g/mol. The van der Waals surface area contributed by atoms with Gasteiger partial charge in [0.25, 0.3) is 0 Å². The molecule has 4 N–H and O–H groups in total. The minimum absolute atomic E-state index is 0.00643. The normalized spacial score (nSPS) is 13.2. The van der Waals surface area contributed by atoms with E-state index in [2.05, 4.69) is 9.97 Å². The molecular formula is C25H30FN5O2. The Morgan fingerprint density at radius 1 is 1.27 bits per heavy atom. The van der Waals surface area contributed by atoms with Gasteiger partial charge in [-0.3, -0.25) is 5.41 Å². The summed E-state index contributed by atoms with van der Waals surface area (Å²) in [5.74, 6) is 1.42. The zero-order valence-electron chi connectivity index (χ0n) is 19.2. The molecule has 0 atom stereocenters. The van der Waals surface area contributed by atoms with E-state index in [1.165, 1.54) is 0 Å². The highest BCUT2D eigenvalue weighted by Crippen LogP contribution is 2.40. The molecule has 4 rings (SSSR count). The number of nitrogens with one attached hydrogen (secondary N) is 2. The third kappa shape index (κ3) is 5.27. The second-order valence-electron chi connectivity index (χ2n) is 8.48. The molecule has 174 valence electrons. The fourth-order valence-corrected chi connectivity index (χ4v) is 3.68. The maximum Gasteiger partial charge on any atom is 0.207 e. The number of nitrogens with zero attached hydrogens (tertiary/aromatic N) is 2. The summed E-state index contributed by atoms with van der Waals surface area (Å²) >= 11 is 0. The minimum atomic E-state index is -0.425. The summed E-state index contributed by atoms with van der Waals surface area (Å²) in [5.41, 5.74) is 8.54. The Morgan fingerprint density at radius 2 is 2.00 bits per heavy atom. The Balaban J connectivity index is 1.74. The summed E-state index contributed by atoms with van der Waals surface area (Å²) in [6.45, 7) is 6.27. The molecule has 0 bridgehead atoms. The van der Waals surface area contributed by atoms with Gasteiger partial charge >= 0.3 is 0 Å². The summed E-state index contributed by atoms with van der Waals surface area (Å²) in [5, 5.41) is 7.65. The predicted molar refractivity (Wildman–Crippen MR) is 127 cm³/mol. The Kier molecular flexibility index (Phi) is 6.53. The van der Waals surface area contributed by atoms with Gasteiger partial charge in [-0.25, -0.2) is 9.37 Å². The molecule has 1 fully saturated rings. The van der Waals surface area contributed by atoms with Gasteiger partial charge in [0.05, 0.1) is 25.5 Å². The monoisotopic (exact) mass is 451 g/mol. The Labute approximate surface area is 193 Å². The number of benzene rings is 2. The number of nitrogens with two attached hydrogens (primary N) is 1. The SMILES string of the molecule is CCOc1cc(CN(c2ccc(C(=N)N)cc2)c2ncc(C3CC3)[nH]2)c(F)c(OC(C)C)c1. The molecule has 1 saturated carbocycles. The molecular weight excluding hydrogens is 421 g/mol. The molecule has 1 aliphatic rings. The van der Waals surface area contributed by atoms with E-state index in [-0.39, 0.29) is 24.2 Å². The third-order valence-electron chi connectivity index (χ3n) is 5.44. The number of hydrogen-bond donors (Lipinski definition) is 3. The lowest BCUT2D eigenvalue weighted by Gasteiger charge is -2.24. The van der Waals surface area contributed by atoms with Crippen LogP contribution in [0.5, 0.6) is 11.5 Å². The van der Waals surface area contributed by atoms with Gasteiger partial charge in [-0.05, 0) is 63.9 Å². The molecule has 0 radical (unpaired) electrons. The van der Waals surface area contributed by atoms with E-state index >= 15 is 4.39 Å². The van der Waals surface area contributed by atoms with Crippen molar-refractivity contribution in [2.24, 2.45) is 5.73 Å². The Bertz CT molecular complexity index is 1120. The number of H-pyrrole nitrogens is 1. The number of rotatable bonds is 10. The quantitative estimate of drug-likeness (QED) is 0.289. The molecule has 0 unspecified atom stereocenters. The second kappa shape index (κ2) is 9.52. The number of hydrogen-bond acceptors (Lipinski definition) is 5. The lowest BCUT2D eigenvalue weighted by molar-refractivity contribution is 0.228. The van der Waals surface area contributed by atoms with Crippen molar-refractivity contribution in [1.82, 2.24) is 9.97 Å². The van der Waals surface area contributed by atoms with Crippen LogP contribution in [0.2, 0.25) is 0 Å². The summed E-state index contributed by atoms with van der Waals surface area (Å²) in [6, 6.07) is 10.5. The van der Waals surface area contributed by atoms with E-state index in [9.17, 15) is 0 Å². The Hall–Kier alpha value is -3.55. The molecule has 33 heavy (non-hydrogen) atoms. The first-order chi connectivity index (χ1) is 15.9. The van der Waals surface area contributed by atoms with Crippen LogP contribution in [0.25, 0.3) is 0 Å². The third-order valence-corrected chi connectivity index (χ3v) is 5.44. The van der Waals surface area contributed by atoms with Crippen molar-refractivity contribution in [2.75, 3.05) is 11.5 Å². The number of amidine groups is 1. The van der Waals surface area contributed by atoms with E-state index in [4.69, 9.17) is 20.6 Å². The number of ether oxygens (including phenoxy) is 2. The van der Waals surface area contributed by atoms with E-state index in [0.717, 1.165) is 24.2 Å². The maximum absolute atomic E-state index is 15.5. The number of aromatic nitrogens is 2. The van der Waals surface area contributed by atoms with Crippen LogP contribution in [0.3, 0.4) is 0 Å². The average Bonchev–Trinajstić information content (AvgIpc) is 3.52. The van der Waals surface area contributed by atoms with Crippen molar-refractivity contribution < 1.29 is 13.9 Å². The Morgan fingerprint density at radius 3 is 2.61 bits per heavy atom. The molecule has 1 heterocycles. The van der Waals surface area contributed by atoms with Crippen LogP contribution in [0.15, 0.2) is 42.6 Å². The molecule has 8 heteroatoms. The van der Waals surface area contributed by atoms with Crippen LogP contribution in [-0.2, 0) is 6.54 Å². The number of halogens is 1. The predicted octanol–water partition coefficient (Wildman–Crippen LogP) is 5.23. The van der Waals surface area contributed by atoms with Crippen LogP contribution in [0, 0.1) is 11.2 Å². The van der Waals surface area contributed by atoms with Gasteiger partial charge < -0.3 is 25.1 Å². The number of imidazole rings is 1. The zero-order valence-corrected chi connectivity index (χ0v) is 19.2. The molecule has 1 aliphatic carbocycles. The number of aromatic amines is 1. The van der Waals surface area contributed by atoms with Crippen LogP contribution in [-0.4, -0.2) is 28.5 Å². The van der Waals surface area contributed by atoms with Gasteiger partial charge in [-0.2, -0.15) is 0 Å². The van der Waals surface area contributed by atoms with Gasteiger partial charge in [0.2, 0.25) is 5.95 Å². The van der Waals surface area contributed by atoms with Crippen molar-refractivity contribution in [3.05, 3.63) is 65.2 Å². The van der Waals surface area contributed by atoms with Gasteiger partial charge in [0.15, 0.2) is 11.6 Å². The maximum atomic E-state index is 15.5. The van der Waals surface area contributed by atoms with Crippen molar-refractivity contribution >= 4 is 17.5 Å². The number of nitrogen functional groups attached to an aromatic ring is 1. The second-order valence-corrected chi connectivity index (χ2v) is 8.48. The summed E-state index contributed by atoms with van der Waals surface area (Å²) in [7, 11) is 0. The van der Waals surface area contributed by atoms with Crippen molar-refractivity contribution in [3.8, 4) is 11.5 Å². The van der Waals surface area contributed by atoms with Crippen LogP contribution < -0.4 is 20.1 Å². The van der Waals surface area contributed by atoms with E-state index in [0.29, 0.717) is 35.3 Å². The van der Waals surface area contributed by atoms with Crippen LogP contribution in [0.4, 0.5) is 16.0 Å². The molecule has 0 aliphatic heterocycles. The largest absolute Gasteiger partial charge is 0.494 e. The van der Waals surface area contributed by atoms with Crippen molar-refractivity contribution in [1.29, 1.82) is 5.41 Å². The lowest BCUT2D eigenvalue weighted by Crippen LogP contribution is -2.20. The summed E-state index contributed by atoms with van der Waals surface area (Å²) in [6.07, 6.45) is 3.97. The van der Waals surface area contributed by atoms with Crippen molar-refractivity contribution in [3.63, 3.8) is 0 Å². The van der Waals surface area contributed by atoms with E-state index in [1.807, 2.05) is 44.0 Å². The first-order valence-corrected chi connectivity index (χ1v) is 11.2. The molecule has 1 aromatic heterocycles. The first-order valence-electron chi connectivity index (χ1n) is 11.2. The van der Waals surface area contributed by atoms with Gasteiger partial charge in [0.1, 0.15) is 11.6 Å². The van der Waals surface area contributed by atoms with Crippen molar-refractivity contribution in [2.45, 2.75) is 52.2 Å². The lowest BCUT2D eigenvalue weighted by atomic mass is 10.1. The fourth-order valence-electron chi connectivity index (χ4n) is 3.68. The fraction of sp³-hybridized carbons (Fsp3) is 0.360. The van der Waals surface area contributed by atoms with Gasteiger partial charge in [-0.15, -0.1) is 0 Å². The smallest absolute Gasteiger partial charge is 0.207 e. The molecule has 7 nitrogen and oxygen atoms in total. The summed E-state index contributed by atoms with van der Waals surface area (Å²) in [4.78, 5) is 9.89. The zero-order chi connectivity index (χ0) is 23.5. The summed E-state index contributed by atoms with van der Waals surface area (Å²) < 4.78 is 26.9. The van der Waals surface area contributed by atoms with Crippen LogP contribution >= 0.6 is 0 Å².